The molecule has 0 aromatic rings. The van der Waals surface area contributed by atoms with E-state index in [1.54, 1.807) is 0 Å². The lowest BCUT2D eigenvalue weighted by atomic mass is 10.1. The minimum absolute atomic E-state index is 0.241. The van der Waals surface area contributed by atoms with Gasteiger partial charge in [0.15, 0.2) is 6.10 Å². The molecule has 32 heavy (non-hydrogen) atoms. The first-order valence-corrected chi connectivity index (χ1v) is 13.1. The molecule has 5 heteroatoms. The lowest BCUT2D eigenvalue weighted by molar-refractivity contribution is -0.873. The number of hydrogen-bond donors (Lipinski definition) is 0. The Morgan fingerprint density at radius 2 is 1.25 bits per heavy atom. The molecule has 0 rings (SSSR count). The van der Waals surface area contributed by atoms with Gasteiger partial charge < -0.3 is 19.1 Å². The number of hydrogen-bond acceptors (Lipinski definition) is 4. The second-order valence-corrected chi connectivity index (χ2v) is 10.2. The highest BCUT2D eigenvalue weighted by Crippen LogP contribution is 2.12. The zero-order chi connectivity index (χ0) is 24.1. The van der Waals surface area contributed by atoms with Crippen LogP contribution in [-0.4, -0.2) is 50.2 Å². The van der Waals surface area contributed by atoms with Gasteiger partial charge in [0.2, 0.25) is 0 Å². The van der Waals surface area contributed by atoms with Gasteiger partial charge in [0.05, 0.1) is 21.1 Å². The number of carbonyl (C=O) groups excluding carboxylic acids is 2. The van der Waals surface area contributed by atoms with Crippen LogP contribution in [0.3, 0.4) is 0 Å². The Balaban J connectivity index is 3.58. The maximum Gasteiger partial charge on any atom is 0.306 e. The molecule has 1 atom stereocenters. The molecule has 0 N–H and O–H groups in total. The molecule has 0 fully saturated rings. The Morgan fingerprint density at radius 3 is 1.72 bits per heavy atom. The van der Waals surface area contributed by atoms with E-state index in [1.807, 2.05) is 21.1 Å². The number of unbranched alkanes of at least 4 members (excludes halogenated alkanes) is 13. The highest BCUT2D eigenvalue weighted by molar-refractivity contribution is 5.70. The van der Waals surface area contributed by atoms with Crippen molar-refractivity contribution < 1.29 is 23.9 Å². The van der Waals surface area contributed by atoms with Crippen LogP contribution in [-0.2, 0) is 14.3 Å². The van der Waals surface area contributed by atoms with E-state index in [4.69, 9.17) is 4.74 Å². The van der Waals surface area contributed by atoms with E-state index < -0.39 is 12.1 Å². The Kier molecular flexibility index (Phi) is 19.4. The summed E-state index contributed by atoms with van der Waals surface area (Å²) >= 11 is 0. The van der Waals surface area contributed by atoms with Crippen molar-refractivity contribution in [3.05, 3.63) is 12.2 Å². The predicted octanol–water partition coefficient (Wildman–Crippen LogP) is 5.56. The number of ether oxygens (including phenoxy) is 1. The summed E-state index contributed by atoms with van der Waals surface area (Å²) in [5.41, 5.74) is 0. The Morgan fingerprint density at radius 1 is 0.781 bits per heavy atom. The number of allylic oxidation sites excluding steroid dienone is 2. The average molecular weight is 454 g/mol. The fraction of sp³-hybridized carbons (Fsp3) is 0.852. The molecule has 5 nitrogen and oxygen atoms in total. The molecule has 0 radical (unpaired) electrons. The van der Waals surface area contributed by atoms with Crippen LogP contribution in [0, 0.1) is 0 Å². The third kappa shape index (κ3) is 23.3. The minimum atomic E-state index is -1.18. The van der Waals surface area contributed by atoms with E-state index in [1.165, 1.54) is 77.0 Å². The van der Waals surface area contributed by atoms with Gasteiger partial charge in [-0.15, -0.1) is 0 Å². The normalized spacial score (nSPS) is 12.9. The topological polar surface area (TPSA) is 66.4 Å². The van der Waals surface area contributed by atoms with Crippen LogP contribution in [0.15, 0.2) is 12.2 Å². The van der Waals surface area contributed by atoms with Crippen LogP contribution in [0.1, 0.15) is 116 Å². The fourth-order valence-corrected chi connectivity index (χ4v) is 3.88. The summed E-state index contributed by atoms with van der Waals surface area (Å²) in [6.07, 6.45) is 22.8. The maximum absolute atomic E-state index is 12.0. The number of likely N-dealkylation sites (N-methyl/N-ethyl adjacent to an activating group) is 1. The Labute approximate surface area is 198 Å². The van der Waals surface area contributed by atoms with Crippen LogP contribution in [0.2, 0.25) is 0 Å². The van der Waals surface area contributed by atoms with Gasteiger partial charge in [-0.2, -0.15) is 0 Å². The minimum Gasteiger partial charge on any atom is -0.550 e. The van der Waals surface area contributed by atoms with Crippen LogP contribution < -0.4 is 5.11 Å². The first kappa shape index (κ1) is 30.6. The number of quaternary nitrogens is 1. The third-order valence-electron chi connectivity index (χ3n) is 5.59. The SMILES string of the molecule is CCCCCCCC/C=C\CCCCCCCCCC(=O)OC(CC(=O)[O-])C[N+](C)(C)C. The molecular weight excluding hydrogens is 402 g/mol. The molecule has 0 aromatic heterocycles. The zero-order valence-corrected chi connectivity index (χ0v) is 21.5. The third-order valence-corrected chi connectivity index (χ3v) is 5.59. The number of carboxylic acids is 1. The number of aliphatic carboxylic acids is 1. The van der Waals surface area contributed by atoms with Crippen LogP contribution in [0.4, 0.5) is 0 Å². The molecule has 1 unspecified atom stereocenters. The fourth-order valence-electron chi connectivity index (χ4n) is 3.88. The summed E-state index contributed by atoms with van der Waals surface area (Å²) in [7, 11) is 5.84. The molecule has 0 saturated heterocycles. The van der Waals surface area contributed by atoms with Gasteiger partial charge in [0, 0.05) is 18.8 Å². The van der Waals surface area contributed by atoms with E-state index in [0.29, 0.717) is 17.4 Å². The summed E-state index contributed by atoms with van der Waals surface area (Å²) in [6, 6.07) is 0. The van der Waals surface area contributed by atoms with E-state index in [9.17, 15) is 14.7 Å². The summed E-state index contributed by atoms with van der Waals surface area (Å²) in [6.45, 7) is 2.73. The molecule has 0 saturated carbocycles. The van der Waals surface area contributed by atoms with E-state index in [2.05, 4.69) is 19.1 Å². The van der Waals surface area contributed by atoms with Gasteiger partial charge in [0.1, 0.15) is 6.54 Å². The first-order valence-electron chi connectivity index (χ1n) is 13.1. The number of nitrogens with zero attached hydrogens (tertiary/aromatic N) is 1. The van der Waals surface area contributed by atoms with Gasteiger partial charge in [0.25, 0.3) is 0 Å². The average Bonchev–Trinajstić information content (AvgIpc) is 2.68. The number of carbonyl (C=O) groups is 2. The van der Waals surface area contributed by atoms with Gasteiger partial charge in [-0.1, -0.05) is 83.3 Å². The van der Waals surface area contributed by atoms with Gasteiger partial charge in [-0.25, -0.2) is 0 Å². The van der Waals surface area contributed by atoms with E-state index in [-0.39, 0.29) is 12.4 Å². The number of esters is 1. The molecule has 0 heterocycles. The smallest absolute Gasteiger partial charge is 0.306 e. The maximum atomic E-state index is 12.0. The van der Waals surface area contributed by atoms with E-state index in [0.717, 1.165) is 19.3 Å². The molecular formula is C27H51NO4. The van der Waals surface area contributed by atoms with Crippen molar-refractivity contribution in [3.63, 3.8) is 0 Å². The largest absolute Gasteiger partial charge is 0.550 e. The highest BCUT2D eigenvalue weighted by Gasteiger charge is 2.22. The monoisotopic (exact) mass is 453 g/mol. The van der Waals surface area contributed by atoms with Crippen LogP contribution >= 0.6 is 0 Å². The van der Waals surface area contributed by atoms with Crippen molar-refractivity contribution in [2.45, 2.75) is 122 Å². The second kappa shape index (κ2) is 20.3. The molecule has 0 spiro atoms. The van der Waals surface area contributed by atoms with Gasteiger partial charge in [-0.3, -0.25) is 4.79 Å². The van der Waals surface area contributed by atoms with Gasteiger partial charge >= 0.3 is 5.97 Å². The van der Waals surface area contributed by atoms with Gasteiger partial charge in [-0.05, 0) is 32.1 Å². The van der Waals surface area contributed by atoms with Crippen molar-refractivity contribution in [2.75, 3.05) is 27.7 Å². The Hall–Kier alpha value is -1.36. The Bertz CT molecular complexity index is 496. The predicted molar refractivity (Wildman–Crippen MR) is 131 cm³/mol. The summed E-state index contributed by atoms with van der Waals surface area (Å²) in [4.78, 5) is 22.9. The summed E-state index contributed by atoms with van der Waals surface area (Å²) in [5, 5.41) is 10.9. The zero-order valence-electron chi connectivity index (χ0n) is 21.5. The molecule has 0 aliphatic carbocycles. The highest BCUT2D eigenvalue weighted by atomic mass is 16.5. The van der Waals surface area contributed by atoms with Crippen molar-refractivity contribution in [2.24, 2.45) is 0 Å². The van der Waals surface area contributed by atoms with Crippen molar-refractivity contribution in [1.29, 1.82) is 0 Å². The van der Waals surface area contributed by atoms with Crippen LogP contribution in [0.5, 0.6) is 0 Å². The molecule has 0 aliphatic heterocycles. The number of rotatable bonds is 22. The summed E-state index contributed by atoms with van der Waals surface area (Å²) < 4.78 is 5.93. The van der Waals surface area contributed by atoms with Crippen molar-refractivity contribution in [1.82, 2.24) is 0 Å². The molecule has 0 aliphatic rings. The lowest BCUT2D eigenvalue weighted by Gasteiger charge is -2.29. The van der Waals surface area contributed by atoms with E-state index >= 15 is 0 Å². The quantitative estimate of drug-likeness (QED) is 0.0931. The molecule has 0 aromatic carbocycles. The standard InChI is InChI=1S/C27H51NO4/c1-5-6-7-8-9-10-11-12-13-14-15-16-17-18-19-20-21-22-27(31)32-25(23-26(29)30)24-28(2,3)4/h12-13,25H,5-11,14-24H2,1-4H3/b13-12-. The summed E-state index contributed by atoms with van der Waals surface area (Å²) in [5.74, 6) is -1.47. The van der Waals surface area contributed by atoms with Crippen LogP contribution in [0.25, 0.3) is 0 Å². The molecule has 188 valence electrons. The number of carboxylic acid groups (broad SMARTS) is 1. The van der Waals surface area contributed by atoms with Crippen molar-refractivity contribution >= 4 is 11.9 Å². The second-order valence-electron chi connectivity index (χ2n) is 10.2. The molecule has 0 amide bonds. The molecule has 0 bridgehead atoms. The first-order chi connectivity index (χ1) is 15.2. The lowest BCUT2D eigenvalue weighted by Crippen LogP contribution is -2.45. The van der Waals surface area contributed by atoms with Crippen molar-refractivity contribution in [3.8, 4) is 0 Å².